The first kappa shape index (κ1) is 57.4. The van der Waals surface area contributed by atoms with Gasteiger partial charge in [0.2, 0.25) is 0 Å². The average molecular weight is 1270 g/mol. The predicted molar refractivity (Wildman–Crippen MR) is 417 cm³/mol. The van der Waals surface area contributed by atoms with Crippen molar-refractivity contribution in [3.8, 4) is 89.3 Å². The molecule has 0 spiro atoms. The Morgan fingerprint density at radius 1 is 0.190 bits per heavy atom. The maximum absolute atomic E-state index is 2.57. The third-order valence-corrected chi connectivity index (χ3v) is 21.8. The van der Waals surface area contributed by atoms with Crippen LogP contribution in [0.3, 0.4) is 0 Å². The lowest BCUT2D eigenvalue weighted by atomic mass is 9.67. The van der Waals surface area contributed by atoms with E-state index in [0.29, 0.717) is 0 Å². The fraction of sp³-hybridized carbons (Fsp3) is 0.0204. The van der Waals surface area contributed by atoms with E-state index in [-0.39, 0.29) is 0 Å². The van der Waals surface area contributed by atoms with Crippen LogP contribution in [0.15, 0.2) is 388 Å². The molecule has 18 aromatic rings. The number of para-hydroxylation sites is 2. The molecule has 2 heteroatoms. The molecular formula is C98H64N2. The van der Waals surface area contributed by atoms with Crippen molar-refractivity contribution in [3.63, 3.8) is 0 Å². The molecule has 0 aliphatic heterocycles. The van der Waals surface area contributed by atoms with Crippen LogP contribution in [-0.4, -0.2) is 9.13 Å². The SMILES string of the molecule is c1ccc(-c2cc(-c3ccccc3)cc(-n3c4ccccc4c4c5c(ccc43)C(c3ccccc3)(c3cccc(-c4ccc(-c6cc(-c7ccccc7)cc(-n7c8ccccc8c8ccc9c(c87)-c7ccccc7C9(c7ccccc7)c7ccccc7)c6)cc4)c3)c3ccccc3-5)c2)cc1. The van der Waals surface area contributed by atoms with Crippen LogP contribution in [0.4, 0.5) is 0 Å². The van der Waals surface area contributed by atoms with Crippen molar-refractivity contribution in [2.45, 2.75) is 10.8 Å². The highest BCUT2D eigenvalue weighted by Crippen LogP contribution is 2.61. The van der Waals surface area contributed by atoms with E-state index < -0.39 is 10.8 Å². The summed E-state index contributed by atoms with van der Waals surface area (Å²) in [5.41, 5.74) is 32.6. The Morgan fingerprint density at radius 3 is 1.09 bits per heavy atom. The molecule has 0 saturated heterocycles. The van der Waals surface area contributed by atoms with Gasteiger partial charge in [-0.3, -0.25) is 0 Å². The Bertz CT molecular complexity index is 6130. The third-order valence-electron chi connectivity index (χ3n) is 21.8. The van der Waals surface area contributed by atoms with E-state index in [0.717, 1.165) is 39.2 Å². The Balaban J connectivity index is 0.746. The summed E-state index contributed by atoms with van der Waals surface area (Å²) in [5, 5.41) is 4.95. The average Bonchev–Trinajstić information content (AvgIpc) is 1.52. The number of nitrogens with zero attached hydrogens (tertiary/aromatic N) is 2. The molecule has 0 fully saturated rings. The molecule has 0 bridgehead atoms. The van der Waals surface area contributed by atoms with Gasteiger partial charge in [0, 0.05) is 38.5 Å². The van der Waals surface area contributed by atoms with Crippen LogP contribution >= 0.6 is 0 Å². The zero-order chi connectivity index (χ0) is 65.9. The number of fused-ring (bicyclic) bond motifs is 14. The van der Waals surface area contributed by atoms with Gasteiger partial charge in [-0.1, -0.05) is 328 Å². The lowest BCUT2D eigenvalue weighted by Crippen LogP contribution is -2.28. The first-order valence-electron chi connectivity index (χ1n) is 34.8. The van der Waals surface area contributed by atoms with Gasteiger partial charge < -0.3 is 9.13 Å². The number of hydrogen-bond acceptors (Lipinski definition) is 0. The van der Waals surface area contributed by atoms with Gasteiger partial charge in [0.1, 0.15) is 0 Å². The Kier molecular flexibility index (Phi) is 13.1. The highest BCUT2D eigenvalue weighted by atomic mass is 15.0. The van der Waals surface area contributed by atoms with E-state index in [1.54, 1.807) is 0 Å². The largest absolute Gasteiger partial charge is 0.309 e. The smallest absolute Gasteiger partial charge is 0.0714 e. The highest BCUT2D eigenvalue weighted by Gasteiger charge is 2.49. The van der Waals surface area contributed by atoms with Gasteiger partial charge in [0.25, 0.3) is 0 Å². The van der Waals surface area contributed by atoms with Gasteiger partial charge in [0.15, 0.2) is 0 Å². The molecule has 100 heavy (non-hydrogen) atoms. The van der Waals surface area contributed by atoms with Gasteiger partial charge in [-0.05, 0) is 177 Å². The summed E-state index contributed by atoms with van der Waals surface area (Å²) < 4.78 is 5.08. The van der Waals surface area contributed by atoms with Crippen molar-refractivity contribution >= 4 is 43.6 Å². The summed E-state index contributed by atoms with van der Waals surface area (Å²) in [6.07, 6.45) is 0. The lowest BCUT2D eigenvalue weighted by molar-refractivity contribution is 0.769. The molecule has 16 aromatic carbocycles. The van der Waals surface area contributed by atoms with Gasteiger partial charge in [-0.15, -0.1) is 0 Å². The maximum atomic E-state index is 2.57. The minimum atomic E-state index is -0.651. The van der Waals surface area contributed by atoms with Gasteiger partial charge in [0.05, 0.1) is 32.9 Å². The van der Waals surface area contributed by atoms with Crippen LogP contribution in [-0.2, 0) is 10.8 Å². The molecule has 2 heterocycles. The third kappa shape index (κ3) is 8.57. The van der Waals surface area contributed by atoms with Crippen LogP contribution in [0.5, 0.6) is 0 Å². The molecule has 2 aromatic heterocycles. The number of aromatic nitrogens is 2. The van der Waals surface area contributed by atoms with E-state index in [2.05, 4.69) is 397 Å². The highest BCUT2D eigenvalue weighted by molar-refractivity contribution is 6.19. The van der Waals surface area contributed by atoms with Crippen LogP contribution in [0, 0.1) is 0 Å². The topological polar surface area (TPSA) is 9.86 Å². The van der Waals surface area contributed by atoms with Crippen molar-refractivity contribution in [3.05, 3.63) is 433 Å². The summed E-state index contributed by atoms with van der Waals surface area (Å²) in [7, 11) is 0. The standard InChI is InChI=1S/C98H64N2/c1-7-28-65(29-8-1)71-58-72(66-30-9-2-10-31-66)62-79(61-71)99-91-49-26-22-45-85(91)95-92(99)57-56-88-93(95)83-43-19-23-46-86(83)98(88,77-39-17-6-18-40-77)78-41-27-34-70(60-78)68-50-52-69(53-51-68)74-59-73(67-32-11-3-12-33-67)63-80(64-74)100-90-48-25-21-42-81(90)82-54-55-89-94(96(82)100)84-44-20-24-47-87(84)97(89,75-35-13-4-14-36-75)76-37-15-5-16-38-76/h1-64H. The molecule has 0 N–H and O–H groups in total. The van der Waals surface area contributed by atoms with Gasteiger partial charge in [-0.2, -0.15) is 0 Å². The predicted octanol–water partition coefficient (Wildman–Crippen LogP) is 24.9. The minimum Gasteiger partial charge on any atom is -0.309 e. The number of benzene rings is 16. The fourth-order valence-corrected chi connectivity index (χ4v) is 17.7. The Hall–Kier alpha value is -12.9. The molecule has 0 amide bonds. The van der Waals surface area contributed by atoms with Crippen LogP contribution in [0.1, 0.15) is 44.5 Å². The molecular weight excluding hydrogens is 1210 g/mol. The van der Waals surface area contributed by atoms with Crippen molar-refractivity contribution in [1.82, 2.24) is 9.13 Å². The van der Waals surface area contributed by atoms with E-state index in [1.165, 1.54) is 138 Å². The molecule has 466 valence electrons. The second-order valence-corrected chi connectivity index (χ2v) is 27.0. The summed E-state index contributed by atoms with van der Waals surface area (Å²) >= 11 is 0. The minimum absolute atomic E-state index is 0.544. The van der Waals surface area contributed by atoms with Gasteiger partial charge >= 0.3 is 0 Å². The molecule has 2 nitrogen and oxygen atoms in total. The van der Waals surface area contributed by atoms with E-state index >= 15 is 0 Å². The number of hydrogen-bond donors (Lipinski definition) is 0. The normalized spacial score (nSPS) is 14.1. The quantitative estimate of drug-likeness (QED) is 0.122. The maximum Gasteiger partial charge on any atom is 0.0714 e. The van der Waals surface area contributed by atoms with Crippen LogP contribution in [0.25, 0.3) is 133 Å². The van der Waals surface area contributed by atoms with E-state index in [1.807, 2.05) is 0 Å². The lowest BCUT2D eigenvalue weighted by Gasteiger charge is -2.34. The van der Waals surface area contributed by atoms with E-state index in [9.17, 15) is 0 Å². The van der Waals surface area contributed by atoms with Gasteiger partial charge in [-0.25, -0.2) is 0 Å². The molecule has 0 saturated carbocycles. The first-order valence-corrected chi connectivity index (χ1v) is 34.8. The van der Waals surface area contributed by atoms with Crippen molar-refractivity contribution in [2.24, 2.45) is 0 Å². The fourth-order valence-electron chi connectivity index (χ4n) is 17.7. The number of rotatable bonds is 11. The first-order chi connectivity index (χ1) is 49.6. The zero-order valence-corrected chi connectivity index (χ0v) is 54.8. The molecule has 20 rings (SSSR count). The molecule has 1 unspecified atom stereocenters. The Morgan fingerprint density at radius 2 is 0.560 bits per heavy atom. The molecule has 1 atom stereocenters. The molecule has 2 aliphatic rings. The zero-order valence-electron chi connectivity index (χ0n) is 54.8. The van der Waals surface area contributed by atoms with Crippen LogP contribution < -0.4 is 0 Å². The summed E-state index contributed by atoms with van der Waals surface area (Å²) in [5.74, 6) is 0. The van der Waals surface area contributed by atoms with Crippen molar-refractivity contribution < 1.29 is 0 Å². The molecule has 0 radical (unpaired) electrons. The molecule has 2 aliphatic carbocycles. The second-order valence-electron chi connectivity index (χ2n) is 27.0. The van der Waals surface area contributed by atoms with Crippen molar-refractivity contribution in [1.29, 1.82) is 0 Å². The van der Waals surface area contributed by atoms with Crippen LogP contribution in [0.2, 0.25) is 0 Å². The Labute approximate surface area is 581 Å². The van der Waals surface area contributed by atoms with Crippen molar-refractivity contribution in [2.75, 3.05) is 0 Å². The summed E-state index contributed by atoms with van der Waals surface area (Å²) in [4.78, 5) is 0. The monoisotopic (exact) mass is 1270 g/mol. The second kappa shape index (κ2) is 22.9. The summed E-state index contributed by atoms with van der Waals surface area (Å²) in [6, 6.07) is 145. The van der Waals surface area contributed by atoms with E-state index in [4.69, 9.17) is 0 Å². The summed E-state index contributed by atoms with van der Waals surface area (Å²) in [6.45, 7) is 0.